The molecule has 1 unspecified atom stereocenters. The summed E-state index contributed by atoms with van der Waals surface area (Å²) in [7, 11) is 0. The molecule has 0 bridgehead atoms. The molecule has 1 fully saturated rings. The van der Waals surface area contributed by atoms with Crippen molar-refractivity contribution in [2.45, 2.75) is 31.8 Å². The summed E-state index contributed by atoms with van der Waals surface area (Å²) in [5.74, 6) is -0.0312. The van der Waals surface area contributed by atoms with Crippen molar-refractivity contribution in [2.75, 3.05) is 0 Å². The molecule has 0 aromatic carbocycles. The molecule has 1 aliphatic rings. The van der Waals surface area contributed by atoms with Crippen LogP contribution in [0.2, 0.25) is 5.02 Å². The predicted octanol–water partition coefficient (Wildman–Crippen LogP) is 2.59. The number of carbonyl (C=O) groups is 1. The first kappa shape index (κ1) is 12.6. The molecule has 1 amide bonds. The Labute approximate surface area is 120 Å². The molecular formula is C12H13ClN4OS. The van der Waals surface area contributed by atoms with Crippen LogP contribution in [0.1, 0.15) is 25.8 Å². The van der Waals surface area contributed by atoms with Gasteiger partial charge in [-0.2, -0.15) is 0 Å². The number of aromatic nitrogens is 3. The number of hydrogen-bond acceptors (Lipinski definition) is 3. The van der Waals surface area contributed by atoms with Crippen LogP contribution in [-0.4, -0.2) is 26.5 Å². The minimum Gasteiger partial charge on any atom is -0.352 e. The highest BCUT2D eigenvalue weighted by Crippen LogP contribution is 2.23. The second-order valence-electron chi connectivity index (χ2n) is 4.78. The normalized spacial score (nSPS) is 16.5. The second kappa shape index (κ2) is 4.61. The molecule has 0 spiro atoms. The summed E-state index contributed by atoms with van der Waals surface area (Å²) in [6.07, 6.45) is 3.67. The maximum absolute atomic E-state index is 12.1. The van der Waals surface area contributed by atoms with Crippen LogP contribution in [0.3, 0.4) is 0 Å². The van der Waals surface area contributed by atoms with Crippen LogP contribution < -0.4 is 5.32 Å². The number of nitrogens with one attached hydrogen (secondary N) is 2. The molecule has 1 aliphatic carbocycles. The number of carbonyl (C=O) groups excluding carboxylic acids is 1. The Bertz CT molecular complexity index is 703. The molecule has 0 saturated heterocycles. The van der Waals surface area contributed by atoms with Crippen molar-refractivity contribution in [2.24, 2.45) is 0 Å². The van der Waals surface area contributed by atoms with E-state index < -0.39 is 6.04 Å². The molecular weight excluding hydrogens is 284 g/mol. The van der Waals surface area contributed by atoms with E-state index in [1.807, 2.05) is 6.92 Å². The Morgan fingerprint density at radius 1 is 1.68 bits per heavy atom. The minimum absolute atomic E-state index is 0.0312. The fourth-order valence-electron chi connectivity index (χ4n) is 2.01. The molecule has 2 heterocycles. The monoisotopic (exact) mass is 296 g/mol. The lowest BCUT2D eigenvalue weighted by Crippen LogP contribution is -2.32. The molecule has 5 nitrogen and oxygen atoms in total. The summed E-state index contributed by atoms with van der Waals surface area (Å²) in [6.45, 7) is 1.82. The SMILES string of the molecule is CC(C(=O)NC1CC1)n1c(=S)[nH]c2cc(Cl)cnc21. The molecule has 2 aromatic rings. The molecule has 100 valence electrons. The smallest absolute Gasteiger partial charge is 0.243 e. The molecule has 2 aromatic heterocycles. The topological polar surface area (TPSA) is 62.7 Å². The van der Waals surface area contributed by atoms with Crippen molar-refractivity contribution in [3.63, 3.8) is 0 Å². The van der Waals surface area contributed by atoms with Crippen molar-refractivity contribution in [3.8, 4) is 0 Å². The minimum atomic E-state index is -0.393. The number of pyridine rings is 1. The summed E-state index contributed by atoms with van der Waals surface area (Å²) < 4.78 is 2.20. The number of fused-ring (bicyclic) bond motifs is 1. The number of imidazole rings is 1. The Morgan fingerprint density at radius 3 is 3.11 bits per heavy atom. The van der Waals surface area contributed by atoms with Gasteiger partial charge in [-0.15, -0.1) is 0 Å². The van der Waals surface area contributed by atoms with Gasteiger partial charge in [0.2, 0.25) is 5.91 Å². The lowest BCUT2D eigenvalue weighted by molar-refractivity contribution is -0.123. The summed E-state index contributed by atoms with van der Waals surface area (Å²) >= 11 is 11.2. The Kier molecular flexibility index (Phi) is 3.06. The van der Waals surface area contributed by atoms with Gasteiger partial charge in [0.15, 0.2) is 10.4 Å². The summed E-state index contributed by atoms with van der Waals surface area (Å²) in [4.78, 5) is 19.4. The first-order valence-corrected chi connectivity index (χ1v) is 6.91. The predicted molar refractivity (Wildman–Crippen MR) is 75.8 cm³/mol. The van der Waals surface area contributed by atoms with E-state index in [1.165, 1.54) is 0 Å². The van der Waals surface area contributed by atoms with Crippen LogP contribution in [0.25, 0.3) is 11.2 Å². The highest BCUT2D eigenvalue weighted by molar-refractivity contribution is 7.71. The average molecular weight is 297 g/mol. The van der Waals surface area contributed by atoms with Crippen LogP contribution in [0.5, 0.6) is 0 Å². The van der Waals surface area contributed by atoms with Gasteiger partial charge in [0.05, 0.1) is 10.5 Å². The van der Waals surface area contributed by atoms with Crippen LogP contribution in [-0.2, 0) is 4.79 Å². The zero-order valence-electron chi connectivity index (χ0n) is 10.3. The number of H-pyrrole nitrogens is 1. The Balaban J connectivity index is 2.01. The maximum Gasteiger partial charge on any atom is 0.243 e. The highest BCUT2D eigenvalue weighted by Gasteiger charge is 2.27. The zero-order chi connectivity index (χ0) is 13.6. The Hall–Kier alpha value is -1.40. The quantitative estimate of drug-likeness (QED) is 0.856. The second-order valence-corrected chi connectivity index (χ2v) is 5.61. The number of amides is 1. The van der Waals surface area contributed by atoms with Gasteiger partial charge in [-0.25, -0.2) is 4.98 Å². The van der Waals surface area contributed by atoms with Gasteiger partial charge >= 0.3 is 0 Å². The third-order valence-corrected chi connectivity index (χ3v) is 3.72. The van der Waals surface area contributed by atoms with E-state index in [9.17, 15) is 4.79 Å². The molecule has 2 N–H and O–H groups in total. The maximum atomic E-state index is 12.1. The van der Waals surface area contributed by atoms with Gasteiger partial charge in [0.25, 0.3) is 0 Å². The highest BCUT2D eigenvalue weighted by atomic mass is 35.5. The fourth-order valence-corrected chi connectivity index (χ4v) is 2.53. The van der Waals surface area contributed by atoms with Gasteiger partial charge < -0.3 is 10.3 Å². The number of nitrogens with zero attached hydrogens (tertiary/aromatic N) is 2. The van der Waals surface area contributed by atoms with E-state index in [1.54, 1.807) is 16.8 Å². The number of rotatable bonds is 3. The summed E-state index contributed by atoms with van der Waals surface area (Å²) in [5, 5.41) is 3.50. The largest absolute Gasteiger partial charge is 0.352 e. The summed E-state index contributed by atoms with van der Waals surface area (Å²) in [5.41, 5.74) is 1.39. The third kappa shape index (κ3) is 2.37. The molecule has 3 rings (SSSR count). The van der Waals surface area contributed by atoms with Gasteiger partial charge in [-0.1, -0.05) is 11.6 Å². The lowest BCUT2D eigenvalue weighted by Gasteiger charge is -2.13. The summed E-state index contributed by atoms with van der Waals surface area (Å²) in [6, 6.07) is 1.69. The van der Waals surface area contributed by atoms with E-state index >= 15 is 0 Å². The van der Waals surface area contributed by atoms with Gasteiger partial charge in [0.1, 0.15) is 6.04 Å². The van der Waals surface area contributed by atoms with Crippen molar-refractivity contribution >= 4 is 40.9 Å². The van der Waals surface area contributed by atoms with E-state index in [4.69, 9.17) is 23.8 Å². The Morgan fingerprint density at radius 2 is 2.42 bits per heavy atom. The molecule has 0 radical (unpaired) electrons. The van der Waals surface area contributed by atoms with Gasteiger partial charge in [-0.05, 0) is 38.0 Å². The number of hydrogen-bond donors (Lipinski definition) is 2. The molecule has 1 saturated carbocycles. The van der Waals surface area contributed by atoms with E-state index in [0.29, 0.717) is 21.5 Å². The number of aromatic amines is 1. The molecule has 19 heavy (non-hydrogen) atoms. The first-order valence-electron chi connectivity index (χ1n) is 6.12. The van der Waals surface area contributed by atoms with E-state index in [0.717, 1.165) is 18.4 Å². The van der Waals surface area contributed by atoms with E-state index in [2.05, 4.69) is 15.3 Å². The first-order chi connectivity index (χ1) is 9.06. The number of halogens is 1. The van der Waals surface area contributed by atoms with E-state index in [-0.39, 0.29) is 5.91 Å². The molecule has 7 heteroatoms. The zero-order valence-corrected chi connectivity index (χ0v) is 11.9. The molecule has 0 aliphatic heterocycles. The van der Waals surface area contributed by atoms with Crippen LogP contribution in [0.15, 0.2) is 12.3 Å². The van der Waals surface area contributed by atoms with Crippen molar-refractivity contribution in [1.82, 2.24) is 19.9 Å². The molecule has 1 atom stereocenters. The third-order valence-electron chi connectivity index (χ3n) is 3.21. The van der Waals surface area contributed by atoms with Crippen molar-refractivity contribution in [3.05, 3.63) is 22.1 Å². The van der Waals surface area contributed by atoms with Gasteiger partial charge in [0, 0.05) is 12.2 Å². The fraction of sp³-hybridized carbons (Fsp3) is 0.417. The van der Waals surface area contributed by atoms with Crippen molar-refractivity contribution in [1.29, 1.82) is 0 Å². The van der Waals surface area contributed by atoms with Gasteiger partial charge in [-0.3, -0.25) is 9.36 Å². The average Bonchev–Trinajstić information content (AvgIpc) is 3.10. The standard InChI is InChI=1S/C12H13ClN4OS/c1-6(11(18)15-8-2-3-8)17-10-9(16-12(17)19)4-7(13)5-14-10/h4-6,8H,2-3H2,1H3,(H,15,18)(H,16,19). The van der Waals surface area contributed by atoms with Crippen molar-refractivity contribution < 1.29 is 4.79 Å². The van der Waals surface area contributed by atoms with Crippen LogP contribution in [0, 0.1) is 4.77 Å². The van der Waals surface area contributed by atoms with Crippen LogP contribution >= 0.6 is 23.8 Å². The lowest BCUT2D eigenvalue weighted by atomic mass is 10.3. The van der Waals surface area contributed by atoms with Crippen LogP contribution in [0.4, 0.5) is 0 Å².